The lowest BCUT2D eigenvalue weighted by molar-refractivity contribution is -0.122. The van der Waals surface area contributed by atoms with E-state index < -0.39 is 12.1 Å². The lowest BCUT2D eigenvalue weighted by atomic mass is 9.93. The van der Waals surface area contributed by atoms with Gasteiger partial charge in [-0.3, -0.25) is 15.4 Å². The largest absolute Gasteiger partial charge is 0.341 e. The van der Waals surface area contributed by atoms with Crippen molar-refractivity contribution in [2.24, 2.45) is 5.92 Å². The highest BCUT2D eigenvalue weighted by atomic mass is 16.2. The number of nitrogens with one attached hydrogen (secondary N) is 3. The van der Waals surface area contributed by atoms with Crippen LogP contribution >= 0.6 is 0 Å². The molecule has 2 rings (SSSR count). The number of carbonyl (C=O) groups is 2. The van der Waals surface area contributed by atoms with E-state index in [-0.39, 0.29) is 17.9 Å². The molecule has 3 N–H and O–H groups in total. The third-order valence-electron chi connectivity index (χ3n) is 4.62. The second-order valence-corrected chi connectivity index (χ2v) is 6.90. The predicted molar refractivity (Wildman–Crippen MR) is 108 cm³/mol. The van der Waals surface area contributed by atoms with Crippen LogP contribution in [-0.2, 0) is 11.2 Å². The van der Waals surface area contributed by atoms with Gasteiger partial charge in [0.25, 0.3) is 0 Å². The van der Waals surface area contributed by atoms with Crippen molar-refractivity contribution < 1.29 is 9.59 Å². The van der Waals surface area contributed by atoms with E-state index in [1.807, 2.05) is 30.3 Å². The molecule has 5 heteroatoms. The molecule has 0 bridgehead atoms. The highest BCUT2D eigenvalue weighted by molar-refractivity contribution is 5.97. The van der Waals surface area contributed by atoms with Crippen LogP contribution in [0.5, 0.6) is 0 Å². The number of hydrogen-bond acceptors (Lipinski definition) is 3. The van der Waals surface area contributed by atoms with Gasteiger partial charge < -0.3 is 5.32 Å². The van der Waals surface area contributed by atoms with Crippen LogP contribution < -0.4 is 16.0 Å². The second-order valence-electron chi connectivity index (χ2n) is 6.90. The van der Waals surface area contributed by atoms with Crippen molar-refractivity contribution in [2.75, 3.05) is 7.05 Å². The summed E-state index contributed by atoms with van der Waals surface area (Å²) in [4.78, 5) is 24.4. The van der Waals surface area contributed by atoms with E-state index >= 15 is 0 Å². The summed E-state index contributed by atoms with van der Waals surface area (Å²) in [5.41, 5.74) is 3.21. The van der Waals surface area contributed by atoms with Gasteiger partial charge in [-0.15, -0.1) is 0 Å². The third-order valence-corrected chi connectivity index (χ3v) is 4.62. The van der Waals surface area contributed by atoms with E-state index in [0.29, 0.717) is 0 Å². The zero-order valence-corrected chi connectivity index (χ0v) is 16.5. The van der Waals surface area contributed by atoms with Crippen LogP contribution in [-0.4, -0.2) is 19.0 Å². The molecule has 0 saturated carbocycles. The van der Waals surface area contributed by atoms with E-state index in [9.17, 15) is 9.59 Å². The van der Waals surface area contributed by atoms with E-state index in [4.69, 9.17) is 0 Å². The van der Waals surface area contributed by atoms with Crippen LogP contribution in [0, 0.1) is 5.92 Å². The molecule has 0 aliphatic heterocycles. The summed E-state index contributed by atoms with van der Waals surface area (Å²) >= 11 is 0. The molecular weight excluding hydrogens is 338 g/mol. The Balaban J connectivity index is 2.32. The number of urea groups is 1. The van der Waals surface area contributed by atoms with Crippen molar-refractivity contribution in [1.82, 2.24) is 16.0 Å². The molecule has 0 aliphatic rings. The summed E-state index contributed by atoms with van der Waals surface area (Å²) in [7, 11) is 1.49. The van der Waals surface area contributed by atoms with Crippen LogP contribution in [0.1, 0.15) is 49.5 Å². The summed E-state index contributed by atoms with van der Waals surface area (Å²) in [6.07, 6.45) is 0.987. The molecule has 3 amide bonds. The first-order chi connectivity index (χ1) is 13.0. The number of amides is 3. The molecule has 5 nitrogen and oxygen atoms in total. The van der Waals surface area contributed by atoms with Crippen molar-refractivity contribution >= 4 is 11.9 Å². The average molecular weight is 367 g/mol. The van der Waals surface area contributed by atoms with Gasteiger partial charge in [0.1, 0.15) is 6.04 Å². The fraction of sp³-hybridized carbons (Fsp3) is 0.364. The Morgan fingerprint density at radius 3 is 2.07 bits per heavy atom. The van der Waals surface area contributed by atoms with E-state index in [2.05, 4.69) is 61.0 Å². The molecule has 2 aromatic carbocycles. The molecule has 27 heavy (non-hydrogen) atoms. The number of rotatable bonds is 7. The van der Waals surface area contributed by atoms with Crippen LogP contribution in [0.4, 0.5) is 4.79 Å². The standard InChI is InChI=1S/C22H29N3O2/c1-5-16-11-13-18(14-12-16)19(15(2)3)24-20(17-9-7-6-8-10-17)21(26)25-22(27)23-4/h6-15,19-20,24H,5H2,1-4H3,(H2,23,25,26,27)/t19-,20+/m0/s1. The smallest absolute Gasteiger partial charge is 0.321 e. The zero-order valence-electron chi connectivity index (χ0n) is 16.5. The molecule has 0 aliphatic carbocycles. The molecule has 0 spiro atoms. The third kappa shape index (κ3) is 5.66. The minimum Gasteiger partial charge on any atom is -0.341 e. The maximum absolute atomic E-state index is 12.8. The minimum atomic E-state index is -0.637. The van der Waals surface area contributed by atoms with Crippen LogP contribution in [0.2, 0.25) is 0 Å². The molecule has 0 aromatic heterocycles. The number of aryl methyl sites for hydroxylation is 1. The Bertz CT molecular complexity index is 742. The van der Waals surface area contributed by atoms with Gasteiger partial charge in [-0.2, -0.15) is 0 Å². The van der Waals surface area contributed by atoms with E-state index in [1.54, 1.807) is 0 Å². The molecular formula is C22H29N3O2. The van der Waals surface area contributed by atoms with Crippen LogP contribution in [0.3, 0.4) is 0 Å². The van der Waals surface area contributed by atoms with Gasteiger partial charge >= 0.3 is 6.03 Å². The lowest BCUT2D eigenvalue weighted by Gasteiger charge is -2.28. The number of benzene rings is 2. The Labute approximate surface area is 161 Å². The SMILES string of the molecule is CCc1ccc([C@@H](N[C@@H](C(=O)NC(=O)NC)c2ccccc2)C(C)C)cc1. The van der Waals surface area contributed by atoms with E-state index in [0.717, 1.165) is 17.5 Å². The van der Waals surface area contributed by atoms with Gasteiger partial charge in [-0.1, -0.05) is 75.4 Å². The van der Waals surface area contributed by atoms with E-state index in [1.165, 1.54) is 12.6 Å². The Morgan fingerprint density at radius 1 is 0.926 bits per heavy atom. The molecule has 2 aromatic rings. The maximum Gasteiger partial charge on any atom is 0.321 e. The lowest BCUT2D eigenvalue weighted by Crippen LogP contribution is -2.45. The number of imide groups is 1. The Morgan fingerprint density at radius 2 is 1.56 bits per heavy atom. The summed E-state index contributed by atoms with van der Waals surface area (Å²) in [6.45, 7) is 6.36. The first-order valence-electron chi connectivity index (χ1n) is 9.38. The average Bonchev–Trinajstić information content (AvgIpc) is 2.69. The summed E-state index contributed by atoms with van der Waals surface area (Å²) in [6, 6.07) is 16.7. The second kappa shape index (κ2) is 9.88. The van der Waals surface area contributed by atoms with Crippen molar-refractivity contribution in [3.8, 4) is 0 Å². The van der Waals surface area contributed by atoms with Crippen molar-refractivity contribution in [2.45, 2.75) is 39.3 Å². The van der Waals surface area contributed by atoms with Crippen molar-refractivity contribution in [1.29, 1.82) is 0 Å². The maximum atomic E-state index is 12.8. The topological polar surface area (TPSA) is 70.2 Å². The molecule has 0 heterocycles. The molecule has 0 unspecified atom stereocenters. The van der Waals surface area contributed by atoms with Crippen molar-refractivity contribution in [3.05, 3.63) is 71.3 Å². The first-order valence-corrected chi connectivity index (χ1v) is 9.38. The summed E-state index contributed by atoms with van der Waals surface area (Å²) < 4.78 is 0. The van der Waals surface area contributed by atoms with Gasteiger partial charge in [0.05, 0.1) is 0 Å². The monoisotopic (exact) mass is 367 g/mol. The normalized spacial score (nSPS) is 13.1. The van der Waals surface area contributed by atoms with Gasteiger partial charge in [-0.05, 0) is 29.0 Å². The quantitative estimate of drug-likeness (QED) is 0.698. The highest BCUT2D eigenvalue weighted by Gasteiger charge is 2.27. The molecule has 2 atom stereocenters. The zero-order chi connectivity index (χ0) is 19.8. The van der Waals surface area contributed by atoms with Crippen molar-refractivity contribution in [3.63, 3.8) is 0 Å². The minimum absolute atomic E-state index is 0.0310. The fourth-order valence-corrected chi connectivity index (χ4v) is 3.03. The fourth-order valence-electron chi connectivity index (χ4n) is 3.03. The van der Waals surface area contributed by atoms with Crippen LogP contribution in [0.15, 0.2) is 54.6 Å². The number of hydrogen-bond donors (Lipinski definition) is 3. The van der Waals surface area contributed by atoms with Gasteiger partial charge in [-0.25, -0.2) is 4.79 Å². The summed E-state index contributed by atoms with van der Waals surface area (Å²) in [5.74, 6) is -0.118. The summed E-state index contributed by atoms with van der Waals surface area (Å²) in [5, 5.41) is 8.28. The Hall–Kier alpha value is -2.66. The predicted octanol–water partition coefficient (Wildman–Crippen LogP) is 3.73. The highest BCUT2D eigenvalue weighted by Crippen LogP contribution is 2.26. The Kier molecular flexibility index (Phi) is 7.55. The number of carbonyl (C=O) groups excluding carboxylic acids is 2. The molecule has 0 saturated heterocycles. The van der Waals surface area contributed by atoms with Gasteiger partial charge in [0.15, 0.2) is 0 Å². The van der Waals surface area contributed by atoms with Gasteiger partial charge in [0.2, 0.25) is 5.91 Å². The molecule has 0 radical (unpaired) electrons. The molecule has 144 valence electrons. The van der Waals surface area contributed by atoms with Gasteiger partial charge in [0, 0.05) is 13.1 Å². The first kappa shape index (κ1) is 20.6. The molecule has 0 fully saturated rings. The van der Waals surface area contributed by atoms with Crippen LogP contribution in [0.25, 0.3) is 0 Å².